The van der Waals surface area contributed by atoms with Crippen molar-refractivity contribution in [1.29, 1.82) is 0 Å². The van der Waals surface area contributed by atoms with Gasteiger partial charge in [0, 0.05) is 11.3 Å². The molecule has 2 atom stereocenters. The van der Waals surface area contributed by atoms with Gasteiger partial charge in [0.2, 0.25) is 0 Å². The van der Waals surface area contributed by atoms with E-state index >= 15 is 0 Å². The average molecular weight is 296 g/mol. The van der Waals surface area contributed by atoms with E-state index < -0.39 is 11.7 Å². The van der Waals surface area contributed by atoms with Gasteiger partial charge < -0.3 is 5.32 Å². The smallest absolute Gasteiger partial charge is 0.380 e. The summed E-state index contributed by atoms with van der Waals surface area (Å²) < 4.78 is 37.8. The molecule has 18 heavy (non-hydrogen) atoms. The van der Waals surface area contributed by atoms with E-state index in [4.69, 9.17) is 11.6 Å². The zero-order valence-electron chi connectivity index (χ0n) is 9.72. The minimum absolute atomic E-state index is 0.177. The lowest BCUT2D eigenvalue weighted by Crippen LogP contribution is -2.25. The largest absolute Gasteiger partial charge is 0.416 e. The van der Waals surface area contributed by atoms with Gasteiger partial charge in [0.15, 0.2) is 0 Å². The molecule has 1 aromatic carbocycles. The molecule has 0 bridgehead atoms. The number of halogens is 4. The number of hydrogen-bond acceptors (Lipinski definition) is 2. The highest BCUT2D eigenvalue weighted by molar-refractivity contribution is 8.00. The minimum Gasteiger partial charge on any atom is -0.380 e. The van der Waals surface area contributed by atoms with Crippen LogP contribution in [0, 0.1) is 0 Å². The lowest BCUT2D eigenvalue weighted by atomic mass is 10.1. The first kappa shape index (κ1) is 13.9. The fraction of sp³-hybridized carbons (Fsp3) is 0.500. The van der Waals surface area contributed by atoms with E-state index in [1.54, 1.807) is 0 Å². The van der Waals surface area contributed by atoms with Crippen LogP contribution in [0.2, 0.25) is 5.02 Å². The van der Waals surface area contributed by atoms with Gasteiger partial charge in [-0.05, 0) is 30.4 Å². The minimum atomic E-state index is -4.34. The van der Waals surface area contributed by atoms with Gasteiger partial charge in [0.25, 0.3) is 0 Å². The topological polar surface area (TPSA) is 12.0 Å². The quantitative estimate of drug-likeness (QED) is 0.851. The summed E-state index contributed by atoms with van der Waals surface area (Å²) in [5.74, 6) is 1.02. The maximum Gasteiger partial charge on any atom is 0.416 e. The molecule has 1 aliphatic rings. The van der Waals surface area contributed by atoms with Crippen molar-refractivity contribution in [2.75, 3.05) is 11.1 Å². The normalized spacial score (nSPS) is 24.3. The molecule has 1 saturated heterocycles. The van der Waals surface area contributed by atoms with Crippen LogP contribution >= 0.6 is 23.4 Å². The zero-order chi connectivity index (χ0) is 13.3. The second kappa shape index (κ2) is 5.21. The standard InChI is InChI=1S/C12H13ClF3NS/c1-7-10(4-5-18-7)17-11-6-8(12(14,15)16)2-3-9(11)13/h2-3,6-7,10,17H,4-5H2,1H3. The van der Waals surface area contributed by atoms with Crippen LogP contribution in [-0.2, 0) is 6.18 Å². The van der Waals surface area contributed by atoms with Crippen molar-refractivity contribution in [3.8, 4) is 0 Å². The van der Waals surface area contributed by atoms with Crippen molar-refractivity contribution in [3.05, 3.63) is 28.8 Å². The monoisotopic (exact) mass is 295 g/mol. The molecule has 0 aliphatic carbocycles. The molecule has 2 unspecified atom stereocenters. The van der Waals surface area contributed by atoms with Crippen molar-refractivity contribution in [1.82, 2.24) is 0 Å². The van der Waals surface area contributed by atoms with Crippen molar-refractivity contribution in [3.63, 3.8) is 0 Å². The van der Waals surface area contributed by atoms with Gasteiger partial charge in [-0.25, -0.2) is 0 Å². The van der Waals surface area contributed by atoms with E-state index in [2.05, 4.69) is 12.2 Å². The van der Waals surface area contributed by atoms with Gasteiger partial charge in [-0.2, -0.15) is 24.9 Å². The highest BCUT2D eigenvalue weighted by atomic mass is 35.5. The number of benzene rings is 1. The van der Waals surface area contributed by atoms with Gasteiger partial charge >= 0.3 is 6.18 Å². The van der Waals surface area contributed by atoms with E-state index in [1.165, 1.54) is 6.07 Å². The van der Waals surface area contributed by atoms with Crippen molar-refractivity contribution in [2.24, 2.45) is 0 Å². The molecule has 1 N–H and O–H groups in total. The van der Waals surface area contributed by atoms with Crippen LogP contribution in [0.15, 0.2) is 18.2 Å². The Morgan fingerprint density at radius 3 is 2.67 bits per heavy atom. The van der Waals surface area contributed by atoms with Gasteiger partial charge in [-0.15, -0.1) is 0 Å². The van der Waals surface area contributed by atoms with E-state index in [9.17, 15) is 13.2 Å². The molecule has 0 spiro atoms. The van der Waals surface area contributed by atoms with Crippen LogP contribution < -0.4 is 5.32 Å². The first-order valence-corrected chi connectivity index (χ1v) is 7.05. The number of nitrogens with one attached hydrogen (secondary N) is 1. The molecule has 2 rings (SSSR count). The summed E-state index contributed by atoms with van der Waals surface area (Å²) in [5.41, 5.74) is -0.307. The maximum atomic E-state index is 12.6. The Balaban J connectivity index is 2.21. The highest BCUT2D eigenvalue weighted by Gasteiger charge is 2.31. The molecule has 0 amide bonds. The molecule has 0 radical (unpaired) electrons. The van der Waals surface area contributed by atoms with Crippen LogP contribution in [0.3, 0.4) is 0 Å². The van der Waals surface area contributed by atoms with E-state index in [1.807, 2.05) is 11.8 Å². The average Bonchev–Trinajstić information content (AvgIpc) is 2.66. The van der Waals surface area contributed by atoms with Crippen LogP contribution in [0.25, 0.3) is 0 Å². The molecule has 1 nitrogen and oxygen atoms in total. The number of hydrogen-bond donors (Lipinski definition) is 1. The Bertz CT molecular complexity index is 436. The van der Waals surface area contributed by atoms with Crippen LogP contribution in [0.4, 0.5) is 18.9 Å². The predicted molar refractivity (Wildman–Crippen MR) is 70.4 cm³/mol. The molecule has 1 aromatic rings. The second-order valence-electron chi connectivity index (χ2n) is 4.31. The Morgan fingerprint density at radius 1 is 1.39 bits per heavy atom. The van der Waals surface area contributed by atoms with E-state index in [0.29, 0.717) is 16.0 Å². The molecule has 1 aliphatic heterocycles. The fourth-order valence-electron chi connectivity index (χ4n) is 1.93. The molecule has 0 aromatic heterocycles. The maximum absolute atomic E-state index is 12.6. The summed E-state index contributed by atoms with van der Waals surface area (Å²) in [5, 5.41) is 3.83. The third kappa shape index (κ3) is 3.06. The molecular weight excluding hydrogens is 283 g/mol. The van der Waals surface area contributed by atoms with Gasteiger partial charge in [-0.3, -0.25) is 0 Å². The van der Waals surface area contributed by atoms with Crippen molar-refractivity contribution >= 4 is 29.1 Å². The summed E-state index contributed by atoms with van der Waals surface area (Å²) in [4.78, 5) is 0. The Labute approximate surface area is 113 Å². The third-order valence-electron chi connectivity index (χ3n) is 3.01. The lowest BCUT2D eigenvalue weighted by Gasteiger charge is -2.20. The van der Waals surface area contributed by atoms with Gasteiger partial charge in [-0.1, -0.05) is 18.5 Å². The molecule has 6 heteroatoms. The van der Waals surface area contributed by atoms with Gasteiger partial charge in [0.05, 0.1) is 16.3 Å². The third-order valence-corrected chi connectivity index (χ3v) is 4.67. The summed E-state index contributed by atoms with van der Waals surface area (Å²) in [7, 11) is 0. The lowest BCUT2D eigenvalue weighted by molar-refractivity contribution is -0.137. The van der Waals surface area contributed by atoms with Crippen molar-refractivity contribution < 1.29 is 13.2 Å². The summed E-state index contributed by atoms with van der Waals surface area (Å²) in [6, 6.07) is 3.55. The molecule has 1 heterocycles. The fourth-order valence-corrected chi connectivity index (χ4v) is 3.30. The van der Waals surface area contributed by atoms with Crippen LogP contribution in [0.1, 0.15) is 18.9 Å². The number of rotatable bonds is 2. The first-order chi connectivity index (χ1) is 8.38. The molecular formula is C12H13ClF3NS. The Morgan fingerprint density at radius 2 is 2.11 bits per heavy atom. The van der Waals surface area contributed by atoms with Crippen LogP contribution in [0.5, 0.6) is 0 Å². The number of alkyl halides is 3. The second-order valence-corrected chi connectivity index (χ2v) is 6.20. The van der Waals surface area contributed by atoms with Crippen LogP contribution in [-0.4, -0.2) is 17.0 Å². The molecule has 0 saturated carbocycles. The Hall–Kier alpha value is -0.550. The number of anilines is 1. The molecule has 100 valence electrons. The van der Waals surface area contributed by atoms with E-state index in [0.717, 1.165) is 24.3 Å². The SMILES string of the molecule is CC1SCCC1Nc1cc(C(F)(F)F)ccc1Cl. The van der Waals surface area contributed by atoms with Crippen molar-refractivity contribution in [2.45, 2.75) is 30.8 Å². The first-order valence-electron chi connectivity index (χ1n) is 5.63. The number of thioether (sulfide) groups is 1. The predicted octanol–water partition coefficient (Wildman–Crippen LogP) is 4.66. The van der Waals surface area contributed by atoms with E-state index in [-0.39, 0.29) is 6.04 Å². The summed E-state index contributed by atoms with van der Waals surface area (Å²) in [6.07, 6.45) is -3.39. The van der Waals surface area contributed by atoms with Gasteiger partial charge in [0.1, 0.15) is 0 Å². The summed E-state index contributed by atoms with van der Waals surface area (Å²) >= 11 is 7.75. The Kier molecular flexibility index (Phi) is 4.02. The molecule has 1 fully saturated rings. The highest BCUT2D eigenvalue weighted by Crippen LogP contribution is 2.36. The zero-order valence-corrected chi connectivity index (χ0v) is 11.3. The summed E-state index contributed by atoms with van der Waals surface area (Å²) in [6.45, 7) is 2.07.